The first kappa shape index (κ1) is 13.6. The van der Waals surface area contributed by atoms with Crippen LogP contribution in [0.25, 0.3) is 0 Å². The standard InChI is InChI=1S/C11H15NO5/c1-7-3-2-4-8(12(16)17)10(7)11(15)9(14)5-6-13/h2-4,9,11,13-15H,5-6H2,1H3. The summed E-state index contributed by atoms with van der Waals surface area (Å²) in [6.45, 7) is 1.33. The summed E-state index contributed by atoms with van der Waals surface area (Å²) < 4.78 is 0. The Balaban J connectivity index is 3.15. The molecule has 0 aromatic heterocycles. The molecule has 1 aromatic rings. The van der Waals surface area contributed by atoms with E-state index in [2.05, 4.69) is 0 Å². The number of aliphatic hydroxyl groups excluding tert-OH is 3. The van der Waals surface area contributed by atoms with E-state index in [0.29, 0.717) is 5.56 Å². The molecule has 3 N–H and O–H groups in total. The van der Waals surface area contributed by atoms with Crippen LogP contribution in [-0.2, 0) is 0 Å². The lowest BCUT2D eigenvalue weighted by molar-refractivity contribution is -0.386. The van der Waals surface area contributed by atoms with Crippen LogP contribution in [-0.4, -0.2) is 33.0 Å². The highest BCUT2D eigenvalue weighted by atomic mass is 16.6. The number of rotatable bonds is 5. The van der Waals surface area contributed by atoms with E-state index < -0.39 is 17.1 Å². The molecule has 0 amide bonds. The van der Waals surface area contributed by atoms with Crippen LogP contribution in [0, 0.1) is 17.0 Å². The normalized spacial score (nSPS) is 14.4. The van der Waals surface area contributed by atoms with Crippen molar-refractivity contribution in [1.82, 2.24) is 0 Å². The maximum Gasteiger partial charge on any atom is 0.275 e. The van der Waals surface area contributed by atoms with Crippen molar-refractivity contribution in [2.75, 3.05) is 6.61 Å². The van der Waals surface area contributed by atoms with Gasteiger partial charge in [0, 0.05) is 12.7 Å². The molecule has 6 heteroatoms. The molecule has 0 aliphatic carbocycles. The third kappa shape index (κ3) is 3.00. The first-order valence-electron chi connectivity index (χ1n) is 5.20. The second-order valence-electron chi connectivity index (χ2n) is 3.79. The number of aryl methyl sites for hydroxylation is 1. The molecule has 0 aliphatic rings. The number of hydrogen-bond donors (Lipinski definition) is 3. The zero-order valence-corrected chi connectivity index (χ0v) is 9.41. The second kappa shape index (κ2) is 5.72. The van der Waals surface area contributed by atoms with Gasteiger partial charge in [-0.05, 0) is 18.9 Å². The van der Waals surface area contributed by atoms with Gasteiger partial charge in [0.25, 0.3) is 5.69 Å². The summed E-state index contributed by atoms with van der Waals surface area (Å²) in [6.07, 6.45) is -2.63. The van der Waals surface area contributed by atoms with Gasteiger partial charge in [0.05, 0.1) is 16.6 Å². The number of nitro benzene ring substituents is 1. The van der Waals surface area contributed by atoms with E-state index in [9.17, 15) is 20.3 Å². The molecular formula is C11H15NO5. The Hall–Kier alpha value is -1.50. The smallest absolute Gasteiger partial charge is 0.275 e. The largest absolute Gasteiger partial charge is 0.396 e. The van der Waals surface area contributed by atoms with Gasteiger partial charge in [0.1, 0.15) is 6.10 Å². The fourth-order valence-corrected chi connectivity index (χ4v) is 1.69. The molecule has 1 rings (SSSR count). The fraction of sp³-hybridized carbons (Fsp3) is 0.455. The van der Waals surface area contributed by atoms with Crippen molar-refractivity contribution in [3.05, 3.63) is 39.4 Å². The van der Waals surface area contributed by atoms with Gasteiger partial charge in [-0.1, -0.05) is 12.1 Å². The van der Waals surface area contributed by atoms with E-state index in [1.54, 1.807) is 13.0 Å². The van der Waals surface area contributed by atoms with Gasteiger partial charge in [-0.15, -0.1) is 0 Å². The van der Waals surface area contributed by atoms with Crippen molar-refractivity contribution in [2.45, 2.75) is 25.6 Å². The summed E-state index contributed by atoms with van der Waals surface area (Å²) >= 11 is 0. The summed E-state index contributed by atoms with van der Waals surface area (Å²) in [5.41, 5.74) is 0.400. The van der Waals surface area contributed by atoms with Crippen LogP contribution >= 0.6 is 0 Å². The maximum atomic E-state index is 10.8. The average molecular weight is 241 g/mol. The molecule has 94 valence electrons. The molecule has 2 unspecified atom stereocenters. The Morgan fingerprint density at radius 1 is 1.41 bits per heavy atom. The lowest BCUT2D eigenvalue weighted by Gasteiger charge is -2.18. The highest BCUT2D eigenvalue weighted by Gasteiger charge is 2.27. The average Bonchev–Trinajstić information content (AvgIpc) is 2.28. The van der Waals surface area contributed by atoms with Gasteiger partial charge in [-0.25, -0.2) is 0 Å². The molecule has 2 atom stereocenters. The number of aliphatic hydroxyl groups is 3. The van der Waals surface area contributed by atoms with Crippen LogP contribution in [0.4, 0.5) is 5.69 Å². The second-order valence-corrected chi connectivity index (χ2v) is 3.79. The molecule has 0 fully saturated rings. The Bertz CT molecular complexity index is 407. The summed E-state index contributed by atoms with van der Waals surface area (Å²) in [5, 5.41) is 38.9. The molecule has 0 saturated heterocycles. The van der Waals surface area contributed by atoms with Gasteiger partial charge in [-0.3, -0.25) is 10.1 Å². The topological polar surface area (TPSA) is 104 Å². The van der Waals surface area contributed by atoms with Crippen molar-refractivity contribution in [3.63, 3.8) is 0 Å². The number of hydrogen-bond acceptors (Lipinski definition) is 5. The predicted octanol–water partition coefficient (Wildman–Crippen LogP) is 0.680. The first-order chi connectivity index (χ1) is 7.99. The molecule has 0 radical (unpaired) electrons. The molecule has 0 bridgehead atoms. The van der Waals surface area contributed by atoms with Crippen LogP contribution in [0.2, 0.25) is 0 Å². The van der Waals surface area contributed by atoms with Crippen molar-refractivity contribution in [1.29, 1.82) is 0 Å². The number of nitrogens with zero attached hydrogens (tertiary/aromatic N) is 1. The number of benzene rings is 1. The van der Waals surface area contributed by atoms with E-state index in [-0.39, 0.29) is 24.3 Å². The first-order valence-corrected chi connectivity index (χ1v) is 5.20. The summed E-state index contributed by atoms with van der Waals surface area (Å²) in [5.74, 6) is 0. The zero-order valence-electron chi connectivity index (χ0n) is 9.41. The van der Waals surface area contributed by atoms with Crippen molar-refractivity contribution < 1.29 is 20.2 Å². The molecule has 0 heterocycles. The molecule has 1 aromatic carbocycles. The van der Waals surface area contributed by atoms with Crippen LogP contribution < -0.4 is 0 Å². The molecule has 17 heavy (non-hydrogen) atoms. The van der Waals surface area contributed by atoms with E-state index >= 15 is 0 Å². The highest BCUT2D eigenvalue weighted by Crippen LogP contribution is 2.30. The van der Waals surface area contributed by atoms with E-state index in [1.165, 1.54) is 12.1 Å². The van der Waals surface area contributed by atoms with Crippen molar-refractivity contribution in [2.24, 2.45) is 0 Å². The van der Waals surface area contributed by atoms with Crippen molar-refractivity contribution >= 4 is 5.69 Å². The van der Waals surface area contributed by atoms with Gasteiger partial charge < -0.3 is 15.3 Å². The highest BCUT2D eigenvalue weighted by molar-refractivity contribution is 5.46. The molecule has 0 saturated carbocycles. The van der Waals surface area contributed by atoms with Crippen LogP contribution in [0.3, 0.4) is 0 Å². The van der Waals surface area contributed by atoms with Crippen LogP contribution in [0.1, 0.15) is 23.7 Å². The lowest BCUT2D eigenvalue weighted by atomic mass is 9.96. The zero-order chi connectivity index (χ0) is 13.0. The van der Waals surface area contributed by atoms with Gasteiger partial charge in [-0.2, -0.15) is 0 Å². The predicted molar refractivity (Wildman–Crippen MR) is 60.5 cm³/mol. The Kier molecular flexibility index (Phi) is 4.56. The molecule has 0 aliphatic heterocycles. The SMILES string of the molecule is Cc1cccc([N+](=O)[O-])c1C(O)C(O)CCO. The molecular weight excluding hydrogens is 226 g/mol. The Morgan fingerprint density at radius 3 is 2.59 bits per heavy atom. The van der Waals surface area contributed by atoms with Crippen LogP contribution in [0.5, 0.6) is 0 Å². The van der Waals surface area contributed by atoms with Gasteiger partial charge in [0.15, 0.2) is 0 Å². The van der Waals surface area contributed by atoms with Crippen LogP contribution in [0.15, 0.2) is 18.2 Å². The third-order valence-corrected chi connectivity index (χ3v) is 2.58. The Morgan fingerprint density at radius 2 is 2.06 bits per heavy atom. The minimum atomic E-state index is -1.37. The van der Waals surface area contributed by atoms with Crippen molar-refractivity contribution in [3.8, 4) is 0 Å². The Labute approximate surface area is 98.3 Å². The summed E-state index contributed by atoms with van der Waals surface area (Å²) in [7, 11) is 0. The molecule has 0 spiro atoms. The maximum absolute atomic E-state index is 10.8. The van der Waals surface area contributed by atoms with E-state index in [4.69, 9.17) is 5.11 Å². The van der Waals surface area contributed by atoms with E-state index in [0.717, 1.165) is 0 Å². The summed E-state index contributed by atoms with van der Waals surface area (Å²) in [4.78, 5) is 10.2. The minimum absolute atomic E-state index is 0.0351. The van der Waals surface area contributed by atoms with E-state index in [1.807, 2.05) is 0 Å². The van der Waals surface area contributed by atoms with Gasteiger partial charge in [0.2, 0.25) is 0 Å². The fourth-order valence-electron chi connectivity index (χ4n) is 1.69. The summed E-state index contributed by atoms with van der Waals surface area (Å²) in [6, 6.07) is 4.41. The molecule has 6 nitrogen and oxygen atoms in total. The minimum Gasteiger partial charge on any atom is -0.396 e. The lowest BCUT2D eigenvalue weighted by Crippen LogP contribution is -2.21. The monoisotopic (exact) mass is 241 g/mol. The van der Waals surface area contributed by atoms with Gasteiger partial charge >= 0.3 is 0 Å². The number of nitro groups is 1. The quantitative estimate of drug-likeness (QED) is 0.519. The third-order valence-electron chi connectivity index (χ3n) is 2.58.